The molecule has 2 amide bonds. The van der Waals surface area contributed by atoms with Crippen LogP contribution in [-0.2, 0) is 11.3 Å². The molecule has 0 unspecified atom stereocenters. The first-order chi connectivity index (χ1) is 20.1. The summed E-state index contributed by atoms with van der Waals surface area (Å²) in [6.45, 7) is 11.7. The first-order valence-electron chi connectivity index (χ1n) is 15.4. The molecule has 0 bridgehead atoms. The molecule has 2 fully saturated rings. The molecule has 1 aliphatic carbocycles. The molecule has 1 saturated heterocycles. The van der Waals surface area contributed by atoms with E-state index >= 15 is 0 Å². The molecule has 226 valence electrons. The van der Waals surface area contributed by atoms with Gasteiger partial charge in [0.05, 0.1) is 16.1 Å². The number of carbonyl (C=O) groups is 2. The number of anilines is 1. The first kappa shape index (κ1) is 30.5. The van der Waals surface area contributed by atoms with Crippen LogP contribution in [0.15, 0.2) is 36.4 Å². The largest absolute Gasteiger partial charge is 0.354 e. The number of nitrogens with one attached hydrogen (secondary N) is 2. The molecule has 2 heterocycles. The number of amides is 2. The average Bonchev–Trinajstić information content (AvgIpc) is 3.31. The second kappa shape index (κ2) is 13.1. The minimum absolute atomic E-state index is 0.0119. The molecule has 3 aromatic rings. The Morgan fingerprint density at radius 2 is 1.71 bits per heavy atom. The molecule has 1 aliphatic heterocycles. The highest BCUT2D eigenvalue weighted by Crippen LogP contribution is 2.37. The standard InChI is InChI=1S/C33H43ClFN5O2/c1-20(2)23-13-15-39(16-14-23)19-22-5-12-29-30(17-22)40(26-9-6-24(7-10-26)31(41)36-21(3)4)33(37-29)38-32(42)25-8-11-28(35)27(34)18-25/h5,8,11-12,17-18,20-21,23-24,26H,6-7,9-10,13-16,19H2,1-4H3,(H,36,41)(H,37,38,42). The van der Waals surface area contributed by atoms with E-state index in [2.05, 4.69) is 46.1 Å². The fourth-order valence-electron chi connectivity index (χ4n) is 6.54. The summed E-state index contributed by atoms with van der Waals surface area (Å²) >= 11 is 5.96. The van der Waals surface area contributed by atoms with Gasteiger partial charge in [-0.25, -0.2) is 9.37 Å². The van der Waals surface area contributed by atoms with Crippen LogP contribution in [0, 0.1) is 23.6 Å². The normalized spacial score (nSPS) is 20.4. The summed E-state index contributed by atoms with van der Waals surface area (Å²) in [6.07, 6.45) is 5.62. The van der Waals surface area contributed by atoms with Crippen LogP contribution in [0.5, 0.6) is 0 Å². The van der Waals surface area contributed by atoms with Crippen LogP contribution in [0.3, 0.4) is 0 Å². The fraction of sp³-hybridized carbons (Fsp3) is 0.545. The van der Waals surface area contributed by atoms with Crippen molar-refractivity contribution in [3.63, 3.8) is 0 Å². The zero-order chi connectivity index (χ0) is 30.0. The van der Waals surface area contributed by atoms with E-state index in [-0.39, 0.29) is 34.5 Å². The van der Waals surface area contributed by atoms with Gasteiger partial charge in [-0.15, -0.1) is 0 Å². The number of rotatable bonds is 8. The molecule has 42 heavy (non-hydrogen) atoms. The monoisotopic (exact) mass is 595 g/mol. The topological polar surface area (TPSA) is 79.3 Å². The van der Waals surface area contributed by atoms with E-state index in [1.165, 1.54) is 36.6 Å². The molecule has 5 rings (SSSR count). The molecule has 1 aromatic heterocycles. The lowest BCUT2D eigenvalue weighted by Gasteiger charge is -2.34. The van der Waals surface area contributed by atoms with Crippen molar-refractivity contribution in [2.45, 2.75) is 84.8 Å². The number of benzene rings is 2. The van der Waals surface area contributed by atoms with Gasteiger partial charge < -0.3 is 9.88 Å². The molecule has 7 nitrogen and oxygen atoms in total. The van der Waals surface area contributed by atoms with E-state index < -0.39 is 11.7 Å². The molecule has 2 N–H and O–H groups in total. The minimum Gasteiger partial charge on any atom is -0.354 e. The number of piperidine rings is 1. The Kier molecular flexibility index (Phi) is 9.53. The summed E-state index contributed by atoms with van der Waals surface area (Å²) in [5.74, 6) is 1.12. The first-order valence-corrected chi connectivity index (χ1v) is 15.8. The summed E-state index contributed by atoms with van der Waals surface area (Å²) in [4.78, 5) is 33.3. The molecule has 1 saturated carbocycles. The molecular weight excluding hydrogens is 553 g/mol. The number of halogens is 2. The van der Waals surface area contributed by atoms with Gasteiger partial charge in [-0.05, 0) is 113 Å². The van der Waals surface area contributed by atoms with Crippen LogP contribution in [0.2, 0.25) is 5.02 Å². The Labute approximate surface area is 253 Å². The second-order valence-corrected chi connectivity index (χ2v) is 13.1. The Morgan fingerprint density at radius 1 is 1.00 bits per heavy atom. The number of hydrogen-bond donors (Lipinski definition) is 2. The van der Waals surface area contributed by atoms with Crippen LogP contribution >= 0.6 is 11.6 Å². The Bertz CT molecular complexity index is 1420. The summed E-state index contributed by atoms with van der Waals surface area (Å²) in [5, 5.41) is 5.93. The van der Waals surface area contributed by atoms with Gasteiger partial charge in [0.2, 0.25) is 11.9 Å². The Hall–Kier alpha value is -2.97. The Morgan fingerprint density at radius 3 is 2.36 bits per heavy atom. The van der Waals surface area contributed by atoms with Crippen molar-refractivity contribution in [3.05, 3.63) is 58.4 Å². The van der Waals surface area contributed by atoms with Gasteiger partial charge in [0, 0.05) is 30.1 Å². The Balaban J connectivity index is 1.41. The van der Waals surface area contributed by atoms with Crippen molar-refractivity contribution in [2.24, 2.45) is 17.8 Å². The smallest absolute Gasteiger partial charge is 0.258 e. The lowest BCUT2D eigenvalue weighted by atomic mass is 9.85. The number of aromatic nitrogens is 2. The number of fused-ring (bicyclic) bond motifs is 1. The lowest BCUT2D eigenvalue weighted by molar-refractivity contribution is -0.126. The number of hydrogen-bond acceptors (Lipinski definition) is 4. The van der Waals surface area contributed by atoms with Crippen LogP contribution in [0.25, 0.3) is 11.0 Å². The average molecular weight is 596 g/mol. The van der Waals surface area contributed by atoms with Gasteiger partial charge in [-0.1, -0.05) is 31.5 Å². The number of imidazole rings is 1. The predicted molar refractivity (Wildman–Crippen MR) is 166 cm³/mol. The summed E-state index contributed by atoms with van der Waals surface area (Å²) < 4.78 is 15.9. The van der Waals surface area contributed by atoms with E-state index in [1.807, 2.05) is 19.9 Å². The van der Waals surface area contributed by atoms with Gasteiger partial charge in [-0.3, -0.25) is 19.8 Å². The maximum absolute atomic E-state index is 13.7. The lowest BCUT2D eigenvalue weighted by Crippen LogP contribution is -2.37. The third-order valence-electron chi connectivity index (χ3n) is 9.01. The van der Waals surface area contributed by atoms with Crippen molar-refractivity contribution < 1.29 is 14.0 Å². The summed E-state index contributed by atoms with van der Waals surface area (Å²) in [7, 11) is 0. The summed E-state index contributed by atoms with van der Waals surface area (Å²) in [5.41, 5.74) is 3.27. The highest BCUT2D eigenvalue weighted by molar-refractivity contribution is 6.31. The zero-order valence-corrected chi connectivity index (χ0v) is 25.9. The van der Waals surface area contributed by atoms with Crippen LogP contribution < -0.4 is 10.6 Å². The van der Waals surface area contributed by atoms with Gasteiger partial charge in [0.25, 0.3) is 5.91 Å². The number of carbonyl (C=O) groups excluding carboxylic acids is 2. The van der Waals surface area contributed by atoms with Gasteiger partial charge in [0.15, 0.2) is 0 Å². The second-order valence-electron chi connectivity index (χ2n) is 12.7. The van der Waals surface area contributed by atoms with Crippen molar-refractivity contribution in [1.29, 1.82) is 0 Å². The van der Waals surface area contributed by atoms with Crippen molar-refractivity contribution in [1.82, 2.24) is 19.8 Å². The SMILES string of the molecule is CC(C)NC(=O)C1CCC(n2c(NC(=O)c3ccc(F)c(Cl)c3)nc3ccc(CN4CCC(C(C)C)CC4)cc32)CC1. The molecular formula is C33H43ClFN5O2. The van der Waals surface area contributed by atoms with Crippen LogP contribution in [0.1, 0.15) is 88.2 Å². The molecule has 2 aliphatic rings. The number of nitrogens with zero attached hydrogens (tertiary/aromatic N) is 3. The van der Waals surface area contributed by atoms with Crippen molar-refractivity contribution >= 4 is 40.4 Å². The third kappa shape index (κ3) is 6.97. The van der Waals surface area contributed by atoms with E-state index in [9.17, 15) is 14.0 Å². The quantitative estimate of drug-likeness (QED) is 0.288. The van der Waals surface area contributed by atoms with Gasteiger partial charge in [0.1, 0.15) is 5.82 Å². The molecule has 9 heteroatoms. The molecule has 0 radical (unpaired) electrons. The molecule has 0 spiro atoms. The number of likely N-dealkylation sites (tertiary alicyclic amines) is 1. The highest BCUT2D eigenvalue weighted by atomic mass is 35.5. The van der Waals surface area contributed by atoms with Gasteiger partial charge in [-0.2, -0.15) is 0 Å². The van der Waals surface area contributed by atoms with Crippen molar-refractivity contribution in [2.75, 3.05) is 18.4 Å². The highest BCUT2D eigenvalue weighted by Gasteiger charge is 2.30. The van der Waals surface area contributed by atoms with Gasteiger partial charge >= 0.3 is 0 Å². The minimum atomic E-state index is -0.570. The maximum atomic E-state index is 13.7. The van der Waals surface area contributed by atoms with E-state index in [0.29, 0.717) is 5.95 Å². The molecule has 0 atom stereocenters. The summed E-state index contributed by atoms with van der Waals surface area (Å²) in [6, 6.07) is 10.5. The fourth-order valence-corrected chi connectivity index (χ4v) is 6.72. The van der Waals surface area contributed by atoms with Crippen LogP contribution in [-0.4, -0.2) is 45.4 Å². The third-order valence-corrected chi connectivity index (χ3v) is 9.30. The maximum Gasteiger partial charge on any atom is 0.258 e. The predicted octanol–water partition coefficient (Wildman–Crippen LogP) is 7.21. The zero-order valence-electron chi connectivity index (χ0n) is 25.1. The van der Waals surface area contributed by atoms with E-state index in [1.54, 1.807) is 0 Å². The van der Waals surface area contributed by atoms with Crippen molar-refractivity contribution in [3.8, 4) is 0 Å². The van der Waals surface area contributed by atoms with E-state index in [4.69, 9.17) is 16.6 Å². The van der Waals surface area contributed by atoms with E-state index in [0.717, 1.165) is 68.2 Å². The molecule has 2 aromatic carbocycles. The van der Waals surface area contributed by atoms with Crippen LogP contribution in [0.4, 0.5) is 10.3 Å².